The molecule has 0 bridgehead atoms. The van der Waals surface area contributed by atoms with Crippen molar-refractivity contribution < 1.29 is 9.53 Å². The number of esters is 1. The third kappa shape index (κ3) is 3.69. The molecule has 0 amide bonds. The minimum atomic E-state index is -0.425. The lowest BCUT2D eigenvalue weighted by atomic mass is 10.0. The van der Waals surface area contributed by atoms with Gasteiger partial charge in [-0.2, -0.15) is 0 Å². The Morgan fingerprint density at radius 3 is 2.25 bits per heavy atom. The molecule has 28 heavy (non-hydrogen) atoms. The van der Waals surface area contributed by atoms with Gasteiger partial charge in [0.25, 0.3) is 0 Å². The summed E-state index contributed by atoms with van der Waals surface area (Å²) in [7, 11) is 0. The molecule has 0 spiro atoms. The number of aliphatic imine (C=N–C) groups is 1. The quantitative estimate of drug-likeness (QED) is 0.379. The maximum absolute atomic E-state index is 11.9. The van der Waals surface area contributed by atoms with Crippen LogP contribution in [0.4, 0.5) is 5.69 Å². The highest BCUT2D eigenvalue weighted by Gasteiger charge is 2.12. The topological polar surface area (TPSA) is 56.0 Å². The van der Waals surface area contributed by atoms with Gasteiger partial charge in [-0.15, -0.1) is 0 Å². The number of carbonyl (C=O) groups is 1. The Balaban J connectivity index is 1.78. The van der Waals surface area contributed by atoms with Gasteiger partial charge in [0, 0.05) is 29.6 Å². The Labute approximate surface area is 163 Å². The van der Waals surface area contributed by atoms with Crippen LogP contribution in [-0.4, -0.2) is 27.7 Å². The van der Waals surface area contributed by atoms with Crippen molar-refractivity contribution >= 4 is 23.0 Å². The van der Waals surface area contributed by atoms with Gasteiger partial charge in [0.15, 0.2) is 5.69 Å². The number of benzene rings is 2. The van der Waals surface area contributed by atoms with Crippen LogP contribution in [0.1, 0.15) is 28.5 Å². The molecule has 5 heteroatoms. The zero-order valence-corrected chi connectivity index (χ0v) is 15.4. The van der Waals surface area contributed by atoms with Crippen LogP contribution in [0.2, 0.25) is 0 Å². The van der Waals surface area contributed by atoms with Crippen molar-refractivity contribution in [2.45, 2.75) is 6.92 Å². The van der Waals surface area contributed by atoms with Gasteiger partial charge >= 0.3 is 5.97 Å². The Bertz CT molecular complexity index is 1090. The summed E-state index contributed by atoms with van der Waals surface area (Å²) in [4.78, 5) is 21.2. The van der Waals surface area contributed by atoms with Crippen LogP contribution in [0.25, 0.3) is 5.65 Å². The molecule has 2 aromatic carbocycles. The van der Waals surface area contributed by atoms with E-state index in [0.29, 0.717) is 12.3 Å². The molecule has 0 atom stereocenters. The Kier molecular flexibility index (Phi) is 4.97. The van der Waals surface area contributed by atoms with Gasteiger partial charge in [0.05, 0.1) is 18.0 Å². The van der Waals surface area contributed by atoms with Gasteiger partial charge in [-0.3, -0.25) is 0 Å². The van der Waals surface area contributed by atoms with Gasteiger partial charge in [-0.25, -0.2) is 14.8 Å². The SMILES string of the molecule is CCOC(=O)c1cn2ccc(N=C(c3ccccc3)c3ccccc3)cc2n1. The molecule has 4 rings (SSSR count). The molecule has 0 saturated carbocycles. The van der Waals surface area contributed by atoms with Gasteiger partial charge in [-0.1, -0.05) is 60.7 Å². The maximum Gasteiger partial charge on any atom is 0.358 e. The normalized spacial score (nSPS) is 10.6. The predicted molar refractivity (Wildman–Crippen MR) is 109 cm³/mol. The highest BCUT2D eigenvalue weighted by molar-refractivity contribution is 6.14. The van der Waals surface area contributed by atoms with E-state index in [0.717, 1.165) is 22.5 Å². The van der Waals surface area contributed by atoms with Crippen LogP contribution in [0.15, 0.2) is 90.2 Å². The number of nitrogens with zero attached hydrogens (tertiary/aromatic N) is 3. The van der Waals surface area contributed by atoms with Gasteiger partial charge < -0.3 is 9.14 Å². The first-order valence-electron chi connectivity index (χ1n) is 9.10. The summed E-state index contributed by atoms with van der Waals surface area (Å²) in [5, 5.41) is 0. The van der Waals surface area contributed by atoms with E-state index >= 15 is 0 Å². The zero-order chi connectivity index (χ0) is 19.3. The van der Waals surface area contributed by atoms with Gasteiger partial charge in [-0.05, 0) is 13.0 Å². The second kappa shape index (κ2) is 7.88. The minimum absolute atomic E-state index is 0.286. The number of rotatable bonds is 5. The summed E-state index contributed by atoms with van der Waals surface area (Å²) in [6.45, 7) is 2.09. The van der Waals surface area contributed by atoms with E-state index in [1.807, 2.05) is 79.0 Å². The first-order chi connectivity index (χ1) is 13.7. The summed E-state index contributed by atoms with van der Waals surface area (Å²) in [5.41, 5.74) is 4.63. The standard InChI is InChI=1S/C23H19N3O2/c1-2-28-23(27)20-16-26-14-13-19(15-21(26)25-20)24-22(17-9-5-3-6-10-17)18-11-7-4-8-12-18/h3-16H,2H2,1H3. The molecule has 4 aromatic rings. The lowest BCUT2D eigenvalue weighted by Gasteiger charge is -2.08. The monoisotopic (exact) mass is 369 g/mol. The van der Waals surface area contributed by atoms with Crippen LogP contribution in [0.5, 0.6) is 0 Å². The number of ether oxygens (including phenoxy) is 1. The zero-order valence-electron chi connectivity index (χ0n) is 15.4. The summed E-state index contributed by atoms with van der Waals surface area (Å²) < 4.78 is 6.81. The molecule has 2 heterocycles. The number of pyridine rings is 1. The fourth-order valence-electron chi connectivity index (χ4n) is 2.96. The van der Waals surface area contributed by atoms with Crippen molar-refractivity contribution in [2.75, 3.05) is 6.61 Å². The molecule has 0 N–H and O–H groups in total. The molecule has 0 aliphatic heterocycles. The Hall–Kier alpha value is -3.73. The minimum Gasteiger partial charge on any atom is -0.461 e. The molecule has 0 saturated heterocycles. The van der Waals surface area contributed by atoms with Crippen LogP contribution in [-0.2, 0) is 4.74 Å². The van der Waals surface area contributed by atoms with E-state index in [9.17, 15) is 4.79 Å². The summed E-state index contributed by atoms with van der Waals surface area (Å²) in [6.07, 6.45) is 3.51. The molecule has 138 valence electrons. The summed E-state index contributed by atoms with van der Waals surface area (Å²) >= 11 is 0. The lowest BCUT2D eigenvalue weighted by Crippen LogP contribution is -2.04. The summed E-state index contributed by atoms with van der Waals surface area (Å²) in [5.74, 6) is -0.425. The number of hydrogen-bond acceptors (Lipinski definition) is 4. The molecule has 0 unspecified atom stereocenters. The van der Waals surface area contributed by atoms with Crippen LogP contribution in [0, 0.1) is 0 Å². The van der Waals surface area contributed by atoms with Crippen molar-refractivity contribution in [1.82, 2.24) is 9.38 Å². The van der Waals surface area contributed by atoms with E-state index in [-0.39, 0.29) is 5.69 Å². The van der Waals surface area contributed by atoms with Crippen LogP contribution >= 0.6 is 0 Å². The number of hydrogen-bond donors (Lipinski definition) is 0. The van der Waals surface area contributed by atoms with E-state index in [4.69, 9.17) is 9.73 Å². The molecule has 5 nitrogen and oxygen atoms in total. The molecule has 0 fully saturated rings. The fourth-order valence-corrected chi connectivity index (χ4v) is 2.96. The molecule has 0 aliphatic rings. The maximum atomic E-state index is 11.9. The smallest absolute Gasteiger partial charge is 0.358 e. The lowest BCUT2D eigenvalue weighted by molar-refractivity contribution is 0.0520. The number of imidazole rings is 1. The third-order valence-corrected chi connectivity index (χ3v) is 4.26. The van der Waals surface area contributed by atoms with Crippen molar-refractivity contribution in [3.8, 4) is 0 Å². The average Bonchev–Trinajstić information content (AvgIpc) is 3.17. The number of aromatic nitrogens is 2. The van der Waals surface area contributed by atoms with Crippen molar-refractivity contribution in [1.29, 1.82) is 0 Å². The largest absolute Gasteiger partial charge is 0.461 e. The first-order valence-corrected chi connectivity index (χ1v) is 9.10. The number of carbonyl (C=O) groups excluding carboxylic acids is 1. The van der Waals surface area contributed by atoms with Crippen molar-refractivity contribution in [3.63, 3.8) is 0 Å². The fraction of sp³-hybridized carbons (Fsp3) is 0.0870. The molecule has 2 aromatic heterocycles. The van der Waals surface area contributed by atoms with E-state index in [1.54, 1.807) is 17.5 Å². The Morgan fingerprint density at radius 1 is 1.00 bits per heavy atom. The molecular weight excluding hydrogens is 350 g/mol. The average molecular weight is 369 g/mol. The van der Waals surface area contributed by atoms with E-state index < -0.39 is 5.97 Å². The van der Waals surface area contributed by atoms with Gasteiger partial charge in [0.1, 0.15) is 5.65 Å². The number of fused-ring (bicyclic) bond motifs is 1. The first kappa shape index (κ1) is 17.7. The van der Waals surface area contributed by atoms with Crippen molar-refractivity contribution in [3.05, 3.63) is 102 Å². The van der Waals surface area contributed by atoms with Crippen LogP contribution in [0.3, 0.4) is 0 Å². The van der Waals surface area contributed by atoms with Crippen molar-refractivity contribution in [2.24, 2.45) is 4.99 Å². The van der Waals surface area contributed by atoms with Gasteiger partial charge in [0.2, 0.25) is 0 Å². The highest BCUT2D eigenvalue weighted by Crippen LogP contribution is 2.20. The van der Waals surface area contributed by atoms with Crippen LogP contribution < -0.4 is 0 Å². The second-order valence-corrected chi connectivity index (χ2v) is 6.19. The second-order valence-electron chi connectivity index (χ2n) is 6.19. The molecule has 0 radical (unpaired) electrons. The third-order valence-electron chi connectivity index (χ3n) is 4.26. The predicted octanol–water partition coefficient (Wildman–Crippen LogP) is 4.68. The highest BCUT2D eigenvalue weighted by atomic mass is 16.5. The molecule has 0 aliphatic carbocycles. The summed E-state index contributed by atoms with van der Waals surface area (Å²) in [6, 6.07) is 23.9. The van der Waals surface area contributed by atoms with E-state index in [2.05, 4.69) is 4.98 Å². The molecular formula is C23H19N3O2. The Morgan fingerprint density at radius 2 is 1.64 bits per heavy atom. The van der Waals surface area contributed by atoms with E-state index in [1.165, 1.54) is 0 Å².